The van der Waals surface area contributed by atoms with Gasteiger partial charge in [0.25, 0.3) is 0 Å². The summed E-state index contributed by atoms with van der Waals surface area (Å²) in [6, 6.07) is 3.77. The predicted octanol–water partition coefficient (Wildman–Crippen LogP) is 4.45. The Balaban J connectivity index is 1.98. The van der Waals surface area contributed by atoms with Crippen molar-refractivity contribution in [3.63, 3.8) is 0 Å². The zero-order chi connectivity index (χ0) is 13.7. The molecular formula is C15H21BrN2O. The molecule has 0 saturated heterocycles. The molecule has 1 saturated carbocycles. The molecule has 1 aliphatic carbocycles. The summed E-state index contributed by atoms with van der Waals surface area (Å²) in [6.07, 6.45) is 8.25. The number of hydrogen-bond donors (Lipinski definition) is 1. The van der Waals surface area contributed by atoms with E-state index < -0.39 is 0 Å². The van der Waals surface area contributed by atoms with Gasteiger partial charge >= 0.3 is 0 Å². The van der Waals surface area contributed by atoms with Crippen LogP contribution in [0.3, 0.4) is 0 Å². The number of carbonyl (C=O) groups excluding carboxylic acids is 1. The largest absolute Gasteiger partial charge is 0.324 e. The second-order valence-electron chi connectivity index (χ2n) is 5.30. The van der Waals surface area contributed by atoms with E-state index in [0.717, 1.165) is 28.8 Å². The first-order valence-electron chi connectivity index (χ1n) is 7.11. The Labute approximate surface area is 123 Å². The Morgan fingerprint density at radius 3 is 2.47 bits per heavy atom. The minimum absolute atomic E-state index is 0.161. The quantitative estimate of drug-likeness (QED) is 0.816. The molecule has 1 N–H and O–H groups in total. The van der Waals surface area contributed by atoms with Crippen molar-refractivity contribution in [2.45, 2.75) is 51.9 Å². The van der Waals surface area contributed by atoms with Gasteiger partial charge in [-0.3, -0.25) is 4.79 Å². The molecule has 0 aromatic carbocycles. The number of carbonyl (C=O) groups is 1. The van der Waals surface area contributed by atoms with Crippen molar-refractivity contribution in [2.24, 2.45) is 5.92 Å². The zero-order valence-electron chi connectivity index (χ0n) is 11.4. The van der Waals surface area contributed by atoms with E-state index in [0.29, 0.717) is 0 Å². The minimum atomic E-state index is 0.161. The maximum Gasteiger partial charge on any atom is 0.227 e. The number of rotatable bonds is 2. The van der Waals surface area contributed by atoms with Crippen molar-refractivity contribution < 1.29 is 4.79 Å². The molecule has 1 aromatic rings. The first kappa shape index (κ1) is 14.5. The molecule has 1 fully saturated rings. The van der Waals surface area contributed by atoms with E-state index in [-0.39, 0.29) is 11.8 Å². The van der Waals surface area contributed by atoms with E-state index in [2.05, 4.69) is 26.2 Å². The van der Waals surface area contributed by atoms with Crippen LogP contribution in [0.5, 0.6) is 0 Å². The lowest BCUT2D eigenvalue weighted by atomic mass is 9.90. The van der Waals surface area contributed by atoms with E-state index in [1.54, 1.807) is 0 Å². The molecule has 1 amide bonds. The fraction of sp³-hybridized carbons (Fsp3) is 0.600. The van der Waals surface area contributed by atoms with Crippen LogP contribution < -0.4 is 5.32 Å². The van der Waals surface area contributed by atoms with E-state index in [1.807, 2.05) is 19.1 Å². The summed E-state index contributed by atoms with van der Waals surface area (Å²) >= 11 is 3.33. The van der Waals surface area contributed by atoms with Crippen LogP contribution in [0.15, 0.2) is 16.7 Å². The maximum atomic E-state index is 12.3. The summed E-state index contributed by atoms with van der Waals surface area (Å²) in [5, 5.41) is 3.03. The summed E-state index contributed by atoms with van der Waals surface area (Å²) < 4.78 is 0.800. The number of nitrogens with one attached hydrogen (secondary N) is 1. The van der Waals surface area contributed by atoms with Crippen LogP contribution in [-0.2, 0) is 4.79 Å². The number of aromatic nitrogens is 1. The molecule has 0 aliphatic heterocycles. The van der Waals surface area contributed by atoms with E-state index in [1.165, 1.54) is 32.1 Å². The Morgan fingerprint density at radius 1 is 1.21 bits per heavy atom. The van der Waals surface area contributed by atoms with Crippen molar-refractivity contribution in [1.29, 1.82) is 0 Å². The van der Waals surface area contributed by atoms with Crippen molar-refractivity contribution >= 4 is 27.5 Å². The van der Waals surface area contributed by atoms with Gasteiger partial charge in [-0.25, -0.2) is 4.98 Å². The van der Waals surface area contributed by atoms with Crippen molar-refractivity contribution in [1.82, 2.24) is 4.98 Å². The molecule has 1 heterocycles. The van der Waals surface area contributed by atoms with Crippen LogP contribution in [-0.4, -0.2) is 10.9 Å². The number of halogens is 1. The second-order valence-corrected chi connectivity index (χ2v) is 6.11. The monoisotopic (exact) mass is 324 g/mol. The van der Waals surface area contributed by atoms with Crippen LogP contribution in [0.4, 0.5) is 5.69 Å². The molecule has 0 bridgehead atoms. The van der Waals surface area contributed by atoms with Crippen LogP contribution >= 0.6 is 15.9 Å². The van der Waals surface area contributed by atoms with Gasteiger partial charge < -0.3 is 5.32 Å². The lowest BCUT2D eigenvalue weighted by Crippen LogP contribution is -2.24. The number of aryl methyl sites for hydroxylation is 1. The second kappa shape index (κ2) is 7.04. The molecule has 3 nitrogen and oxygen atoms in total. The molecule has 0 spiro atoms. The first-order valence-corrected chi connectivity index (χ1v) is 7.90. The Bertz CT molecular complexity index is 440. The molecule has 0 radical (unpaired) electrons. The average molecular weight is 325 g/mol. The van der Waals surface area contributed by atoms with Crippen LogP contribution in [0.1, 0.15) is 50.6 Å². The molecule has 104 valence electrons. The summed E-state index contributed by atoms with van der Waals surface area (Å²) in [5.74, 6) is 0.331. The smallest absolute Gasteiger partial charge is 0.227 e. The van der Waals surface area contributed by atoms with Crippen molar-refractivity contribution in [3.8, 4) is 0 Å². The first-order chi connectivity index (χ1) is 9.16. The number of pyridine rings is 1. The normalized spacial score (nSPS) is 17.6. The SMILES string of the molecule is Cc1nc(Br)ccc1NC(=O)C1CCCCCCC1. The summed E-state index contributed by atoms with van der Waals surface area (Å²) in [7, 11) is 0. The van der Waals surface area contributed by atoms with Gasteiger partial charge in [-0.2, -0.15) is 0 Å². The third-order valence-corrected chi connectivity index (χ3v) is 4.23. The lowest BCUT2D eigenvalue weighted by Gasteiger charge is -2.19. The third kappa shape index (κ3) is 4.30. The fourth-order valence-electron chi connectivity index (χ4n) is 2.62. The molecule has 0 atom stereocenters. The molecule has 19 heavy (non-hydrogen) atoms. The van der Waals surface area contributed by atoms with Crippen LogP contribution in [0.25, 0.3) is 0 Å². The summed E-state index contributed by atoms with van der Waals surface area (Å²) in [6.45, 7) is 1.92. The van der Waals surface area contributed by atoms with Gasteiger partial charge in [0.15, 0.2) is 0 Å². The highest BCUT2D eigenvalue weighted by molar-refractivity contribution is 9.10. The number of nitrogens with zero attached hydrogens (tertiary/aromatic N) is 1. The number of hydrogen-bond acceptors (Lipinski definition) is 2. The maximum absolute atomic E-state index is 12.3. The molecule has 1 aromatic heterocycles. The van der Waals surface area contributed by atoms with Crippen molar-refractivity contribution in [3.05, 3.63) is 22.4 Å². The Kier molecular flexibility index (Phi) is 5.37. The highest BCUT2D eigenvalue weighted by Crippen LogP contribution is 2.24. The number of anilines is 1. The standard InChI is InChI=1S/C15H21BrN2O/c1-11-13(9-10-14(16)17-11)18-15(19)12-7-5-3-2-4-6-8-12/h9-10,12H,2-8H2,1H3,(H,18,19). The van der Waals surface area contributed by atoms with Gasteiger partial charge in [0, 0.05) is 5.92 Å². The summed E-state index contributed by atoms with van der Waals surface area (Å²) in [5.41, 5.74) is 1.68. The highest BCUT2D eigenvalue weighted by atomic mass is 79.9. The van der Waals surface area contributed by atoms with E-state index in [4.69, 9.17) is 0 Å². The Morgan fingerprint density at radius 2 is 1.84 bits per heavy atom. The van der Waals surface area contributed by atoms with Gasteiger partial charge in [-0.15, -0.1) is 0 Å². The topological polar surface area (TPSA) is 42.0 Å². The summed E-state index contributed by atoms with van der Waals surface area (Å²) in [4.78, 5) is 16.6. The predicted molar refractivity (Wildman–Crippen MR) is 81.1 cm³/mol. The molecular weight excluding hydrogens is 304 g/mol. The molecule has 2 rings (SSSR count). The number of amides is 1. The van der Waals surface area contributed by atoms with Crippen molar-refractivity contribution in [2.75, 3.05) is 5.32 Å². The van der Waals surface area contributed by atoms with Crippen LogP contribution in [0.2, 0.25) is 0 Å². The van der Waals surface area contributed by atoms with Gasteiger partial charge in [-0.1, -0.05) is 32.1 Å². The van der Waals surface area contributed by atoms with Gasteiger partial charge in [0.1, 0.15) is 4.60 Å². The molecule has 4 heteroatoms. The van der Waals surface area contributed by atoms with E-state index >= 15 is 0 Å². The van der Waals surface area contributed by atoms with E-state index in [9.17, 15) is 4.79 Å². The average Bonchev–Trinajstić information content (AvgIpc) is 2.32. The molecule has 0 unspecified atom stereocenters. The fourth-order valence-corrected chi connectivity index (χ4v) is 3.01. The van der Waals surface area contributed by atoms with Gasteiger partial charge in [-0.05, 0) is 47.8 Å². The Hall–Kier alpha value is -0.900. The lowest BCUT2D eigenvalue weighted by molar-refractivity contribution is -0.120. The minimum Gasteiger partial charge on any atom is -0.324 e. The molecule has 1 aliphatic rings. The highest BCUT2D eigenvalue weighted by Gasteiger charge is 2.19. The zero-order valence-corrected chi connectivity index (χ0v) is 13.0. The third-order valence-electron chi connectivity index (χ3n) is 3.79. The van der Waals surface area contributed by atoms with Gasteiger partial charge in [0.05, 0.1) is 11.4 Å². The van der Waals surface area contributed by atoms with Gasteiger partial charge in [0.2, 0.25) is 5.91 Å². The van der Waals surface area contributed by atoms with Crippen LogP contribution in [0, 0.1) is 12.8 Å².